The van der Waals surface area contributed by atoms with Crippen molar-refractivity contribution in [1.82, 2.24) is 10.3 Å². The van der Waals surface area contributed by atoms with Gasteiger partial charge in [0, 0.05) is 23.0 Å². The highest BCUT2D eigenvalue weighted by Gasteiger charge is 2.25. The van der Waals surface area contributed by atoms with E-state index in [0.29, 0.717) is 6.54 Å². The Morgan fingerprint density at radius 3 is 2.85 bits per heavy atom. The zero-order valence-electron chi connectivity index (χ0n) is 11.6. The number of thiazole rings is 1. The first kappa shape index (κ1) is 19.6. The largest absolute Gasteiger partial charge is 0.349 e. The van der Waals surface area contributed by atoms with Gasteiger partial charge in [0.1, 0.15) is 5.01 Å². The number of nitrogens with zero attached hydrogens (tertiary/aromatic N) is 1. The fourth-order valence-electron chi connectivity index (χ4n) is 2.37. The number of carbonyl (C=O) groups is 1. The van der Waals surface area contributed by atoms with Crippen molar-refractivity contribution in [3.05, 3.63) is 16.1 Å². The topological polar surface area (TPSA) is 68.0 Å². The molecule has 1 amide bonds. The van der Waals surface area contributed by atoms with Gasteiger partial charge in [0.05, 0.1) is 6.54 Å². The summed E-state index contributed by atoms with van der Waals surface area (Å²) in [7, 11) is 0. The maximum absolute atomic E-state index is 12.0. The summed E-state index contributed by atoms with van der Waals surface area (Å²) in [4.78, 5) is 17.6. The lowest BCUT2D eigenvalue weighted by molar-refractivity contribution is -0.126. The van der Waals surface area contributed by atoms with Gasteiger partial charge in [0.2, 0.25) is 5.91 Å². The maximum atomic E-state index is 12.0. The van der Waals surface area contributed by atoms with Crippen LogP contribution in [-0.2, 0) is 17.8 Å². The summed E-state index contributed by atoms with van der Waals surface area (Å²) in [6, 6.07) is 0.195. The van der Waals surface area contributed by atoms with Gasteiger partial charge < -0.3 is 11.1 Å². The Bertz CT molecular complexity index is 414. The van der Waals surface area contributed by atoms with Crippen LogP contribution in [0.4, 0.5) is 0 Å². The number of rotatable bonds is 4. The second-order valence-corrected chi connectivity index (χ2v) is 6.12. The standard InChI is InChI=1S/C13H21N3OS.2ClH/c1-2-11-7-15-12(18-11)8-16-13(17)9-4-3-5-10(14)6-9;;/h7,9-10H,2-6,8,14H2,1H3,(H,16,17);2*1H. The Kier molecular flexibility index (Phi) is 9.38. The number of aromatic nitrogens is 1. The third-order valence-corrected chi connectivity index (χ3v) is 4.59. The molecule has 1 heterocycles. The Balaban J connectivity index is 0.00000180. The zero-order chi connectivity index (χ0) is 13.0. The maximum Gasteiger partial charge on any atom is 0.223 e. The Hall–Kier alpha value is -0.360. The lowest BCUT2D eigenvalue weighted by atomic mass is 9.85. The third-order valence-electron chi connectivity index (χ3n) is 3.45. The van der Waals surface area contributed by atoms with E-state index in [0.717, 1.165) is 37.1 Å². The lowest BCUT2D eigenvalue weighted by Crippen LogP contribution is -2.37. The van der Waals surface area contributed by atoms with Gasteiger partial charge in [0.25, 0.3) is 0 Å². The molecular weight excluding hydrogens is 317 g/mol. The van der Waals surface area contributed by atoms with Crippen LogP contribution in [0.3, 0.4) is 0 Å². The van der Waals surface area contributed by atoms with Crippen LogP contribution in [0.1, 0.15) is 42.5 Å². The SMILES string of the molecule is CCc1cnc(CNC(=O)C2CCCC(N)C2)s1.Cl.Cl. The molecule has 1 saturated carbocycles. The van der Waals surface area contributed by atoms with Crippen LogP contribution in [0, 0.1) is 5.92 Å². The molecule has 2 rings (SSSR count). The van der Waals surface area contributed by atoms with Crippen molar-refractivity contribution >= 4 is 42.1 Å². The average molecular weight is 340 g/mol. The van der Waals surface area contributed by atoms with E-state index in [1.54, 1.807) is 11.3 Å². The van der Waals surface area contributed by atoms with E-state index < -0.39 is 0 Å². The Morgan fingerprint density at radius 1 is 1.50 bits per heavy atom. The lowest BCUT2D eigenvalue weighted by Gasteiger charge is -2.25. The third kappa shape index (κ3) is 5.56. The number of hydrogen-bond acceptors (Lipinski definition) is 4. The van der Waals surface area contributed by atoms with Gasteiger partial charge >= 0.3 is 0 Å². The zero-order valence-corrected chi connectivity index (χ0v) is 14.1. The molecule has 1 aliphatic rings. The number of carbonyl (C=O) groups excluding carboxylic acids is 1. The van der Waals surface area contributed by atoms with Gasteiger partial charge in [-0.05, 0) is 25.7 Å². The minimum atomic E-state index is 0. The predicted molar refractivity (Wildman–Crippen MR) is 87.8 cm³/mol. The molecule has 0 bridgehead atoms. The summed E-state index contributed by atoms with van der Waals surface area (Å²) in [5, 5.41) is 3.97. The fourth-order valence-corrected chi connectivity index (χ4v) is 3.17. The van der Waals surface area contributed by atoms with Gasteiger partial charge in [-0.2, -0.15) is 0 Å². The van der Waals surface area contributed by atoms with E-state index in [1.165, 1.54) is 4.88 Å². The first-order chi connectivity index (χ1) is 8.69. The summed E-state index contributed by atoms with van der Waals surface area (Å²) < 4.78 is 0. The molecule has 116 valence electrons. The van der Waals surface area contributed by atoms with Crippen molar-refractivity contribution in [3.8, 4) is 0 Å². The van der Waals surface area contributed by atoms with E-state index in [9.17, 15) is 4.79 Å². The number of amides is 1. The molecule has 1 aromatic rings. The van der Waals surface area contributed by atoms with Crippen LogP contribution in [0.25, 0.3) is 0 Å². The molecule has 4 nitrogen and oxygen atoms in total. The number of hydrogen-bond donors (Lipinski definition) is 2. The van der Waals surface area contributed by atoms with E-state index in [1.807, 2.05) is 6.20 Å². The van der Waals surface area contributed by atoms with Crippen molar-refractivity contribution in [1.29, 1.82) is 0 Å². The fraction of sp³-hybridized carbons (Fsp3) is 0.692. The molecule has 20 heavy (non-hydrogen) atoms. The molecule has 0 spiro atoms. The normalized spacial score (nSPS) is 21.5. The quantitative estimate of drug-likeness (QED) is 0.885. The number of halogens is 2. The van der Waals surface area contributed by atoms with E-state index in [-0.39, 0.29) is 42.7 Å². The molecule has 0 aliphatic heterocycles. The highest BCUT2D eigenvalue weighted by molar-refractivity contribution is 7.11. The molecule has 1 aliphatic carbocycles. The van der Waals surface area contributed by atoms with Crippen molar-refractivity contribution in [2.75, 3.05) is 0 Å². The molecule has 2 atom stereocenters. The van der Waals surface area contributed by atoms with Gasteiger partial charge in [-0.15, -0.1) is 36.2 Å². The molecule has 7 heteroatoms. The molecule has 2 unspecified atom stereocenters. The highest BCUT2D eigenvalue weighted by atomic mass is 35.5. The molecule has 1 aromatic heterocycles. The van der Waals surface area contributed by atoms with Crippen LogP contribution < -0.4 is 11.1 Å². The van der Waals surface area contributed by atoms with E-state index in [4.69, 9.17) is 5.73 Å². The molecular formula is C13H23Cl2N3OS. The van der Waals surface area contributed by atoms with Crippen LogP contribution in [0.2, 0.25) is 0 Å². The van der Waals surface area contributed by atoms with Crippen molar-refractivity contribution in [2.45, 2.75) is 51.6 Å². The average Bonchev–Trinajstić information content (AvgIpc) is 2.84. The Labute approximate surface area is 136 Å². The van der Waals surface area contributed by atoms with Crippen LogP contribution in [0.15, 0.2) is 6.20 Å². The second-order valence-electron chi connectivity index (χ2n) is 4.92. The van der Waals surface area contributed by atoms with Gasteiger partial charge in [-0.25, -0.2) is 4.98 Å². The first-order valence-electron chi connectivity index (χ1n) is 6.66. The smallest absolute Gasteiger partial charge is 0.223 e. The van der Waals surface area contributed by atoms with Crippen molar-refractivity contribution < 1.29 is 4.79 Å². The van der Waals surface area contributed by atoms with Gasteiger partial charge in [-0.1, -0.05) is 13.3 Å². The number of aryl methyl sites for hydroxylation is 1. The molecule has 3 N–H and O–H groups in total. The summed E-state index contributed by atoms with van der Waals surface area (Å²) in [5.74, 6) is 0.234. The van der Waals surface area contributed by atoms with Crippen LogP contribution >= 0.6 is 36.2 Å². The summed E-state index contributed by atoms with van der Waals surface area (Å²) >= 11 is 1.67. The predicted octanol–water partition coefficient (Wildman–Crippen LogP) is 2.68. The monoisotopic (exact) mass is 339 g/mol. The molecule has 0 aromatic carbocycles. The van der Waals surface area contributed by atoms with Crippen LogP contribution in [0.5, 0.6) is 0 Å². The summed E-state index contributed by atoms with van der Waals surface area (Å²) in [6.07, 6.45) is 6.81. The van der Waals surface area contributed by atoms with Crippen molar-refractivity contribution in [3.63, 3.8) is 0 Å². The first-order valence-corrected chi connectivity index (χ1v) is 7.47. The molecule has 0 saturated heterocycles. The second kappa shape index (κ2) is 9.55. The summed E-state index contributed by atoms with van der Waals surface area (Å²) in [6.45, 7) is 2.66. The van der Waals surface area contributed by atoms with Gasteiger partial charge in [-0.3, -0.25) is 4.79 Å². The molecule has 1 fully saturated rings. The minimum absolute atomic E-state index is 0. The van der Waals surface area contributed by atoms with E-state index in [2.05, 4.69) is 17.2 Å². The van der Waals surface area contributed by atoms with Gasteiger partial charge in [0.15, 0.2) is 0 Å². The minimum Gasteiger partial charge on any atom is -0.349 e. The molecule has 0 radical (unpaired) electrons. The summed E-state index contributed by atoms with van der Waals surface area (Å²) in [5.41, 5.74) is 5.90. The van der Waals surface area contributed by atoms with Crippen LogP contribution in [-0.4, -0.2) is 16.9 Å². The number of nitrogens with one attached hydrogen (secondary N) is 1. The number of nitrogens with two attached hydrogens (primary N) is 1. The highest BCUT2D eigenvalue weighted by Crippen LogP contribution is 2.23. The van der Waals surface area contributed by atoms with Crippen molar-refractivity contribution in [2.24, 2.45) is 11.7 Å². The van der Waals surface area contributed by atoms with E-state index >= 15 is 0 Å². The Morgan fingerprint density at radius 2 is 2.25 bits per heavy atom.